The van der Waals surface area contributed by atoms with E-state index in [1.807, 2.05) is 32.0 Å². The van der Waals surface area contributed by atoms with Gasteiger partial charge in [-0.3, -0.25) is 14.9 Å². The first-order chi connectivity index (χ1) is 16.0. The first-order valence-corrected chi connectivity index (χ1v) is 11.9. The molecule has 0 spiro atoms. The summed E-state index contributed by atoms with van der Waals surface area (Å²) in [5.74, 6) is -3.57. The van der Waals surface area contributed by atoms with Crippen molar-refractivity contribution in [3.05, 3.63) is 65.2 Å². The number of nitrogen functional groups attached to an aromatic ring is 1. The van der Waals surface area contributed by atoms with E-state index in [4.69, 9.17) is 26.2 Å². The predicted molar refractivity (Wildman–Crippen MR) is 126 cm³/mol. The van der Waals surface area contributed by atoms with Crippen LogP contribution in [0.4, 0.5) is 18.9 Å². The molecule has 13 heteroatoms. The highest BCUT2D eigenvalue weighted by atomic mass is 32.2. The minimum absolute atomic E-state index is 0.00651. The van der Waals surface area contributed by atoms with E-state index in [9.17, 15) is 26.4 Å². The zero-order valence-corrected chi connectivity index (χ0v) is 20.1. The minimum Gasteiger partial charge on any atom is -0.481 e. The number of hydrogen-bond acceptors (Lipinski definition) is 5. The Morgan fingerprint density at radius 2 is 1.63 bits per heavy atom. The molecule has 0 amide bonds. The number of aryl methyl sites for hydroxylation is 1. The first-order valence-electron chi connectivity index (χ1n) is 9.97. The van der Waals surface area contributed by atoms with Gasteiger partial charge in [-0.1, -0.05) is 42.8 Å². The molecule has 0 aliphatic rings. The van der Waals surface area contributed by atoms with Crippen LogP contribution in [-0.4, -0.2) is 48.8 Å². The van der Waals surface area contributed by atoms with Crippen molar-refractivity contribution in [2.75, 3.05) is 11.0 Å². The lowest BCUT2D eigenvalue weighted by molar-refractivity contribution is -0.192. The van der Waals surface area contributed by atoms with Gasteiger partial charge < -0.3 is 15.9 Å². The van der Waals surface area contributed by atoms with E-state index in [1.165, 1.54) is 0 Å². The highest BCUT2D eigenvalue weighted by molar-refractivity contribution is 7.92. The van der Waals surface area contributed by atoms with Crippen molar-refractivity contribution in [3.63, 3.8) is 0 Å². The molecular formula is C22H28F3N3O6S. The third kappa shape index (κ3) is 14.3. The normalized spacial score (nSPS) is 11.6. The quantitative estimate of drug-likeness (QED) is 0.272. The zero-order chi connectivity index (χ0) is 27.4. The molecule has 0 radical (unpaired) electrons. The Labute approximate surface area is 201 Å². The molecule has 2 aromatic carbocycles. The van der Waals surface area contributed by atoms with Crippen LogP contribution in [-0.2, 0) is 19.6 Å². The monoisotopic (exact) mass is 519 g/mol. The van der Waals surface area contributed by atoms with Crippen LogP contribution >= 0.6 is 0 Å². The standard InChI is InChI=1S/C12H16N2O2.C8H11NO2S.C2HF3O2/c1-2-8(7-11(15)16)9-4-3-5-10(6-9)12(13)14;1-7-3-5-8(6-4-7)9-12(2,10)11;3-2(4,5)1(6)7/h3-6,8H,2,7H2,1H3,(H3,13,14)(H,15,16);3-6,9H,1-2H3;(H,6,7). The van der Waals surface area contributed by atoms with E-state index in [1.54, 1.807) is 30.3 Å². The number of aliphatic carboxylic acids is 2. The maximum Gasteiger partial charge on any atom is 0.490 e. The maximum atomic E-state index is 10.8. The summed E-state index contributed by atoms with van der Waals surface area (Å²) in [6.45, 7) is 3.90. The summed E-state index contributed by atoms with van der Waals surface area (Å²) in [5.41, 5.74) is 8.67. The predicted octanol–water partition coefficient (Wildman–Crippen LogP) is 3.94. The van der Waals surface area contributed by atoms with Gasteiger partial charge in [-0.25, -0.2) is 13.2 Å². The highest BCUT2D eigenvalue weighted by Crippen LogP contribution is 2.24. The molecule has 2 aromatic rings. The van der Waals surface area contributed by atoms with Crippen LogP contribution in [0.5, 0.6) is 0 Å². The van der Waals surface area contributed by atoms with Gasteiger partial charge in [0.1, 0.15) is 5.84 Å². The SMILES string of the molecule is CCC(CC(=O)O)c1cccc(C(=N)N)c1.Cc1ccc(NS(C)(=O)=O)cc1.O=C(O)C(F)(F)F. The van der Waals surface area contributed by atoms with Gasteiger partial charge >= 0.3 is 18.1 Å². The molecule has 0 fully saturated rings. The molecule has 1 atom stereocenters. The first kappa shape index (κ1) is 31.4. The summed E-state index contributed by atoms with van der Waals surface area (Å²) >= 11 is 0. The number of benzene rings is 2. The van der Waals surface area contributed by atoms with E-state index >= 15 is 0 Å². The second kappa shape index (κ2) is 13.9. The number of alkyl halides is 3. The van der Waals surface area contributed by atoms with Crippen molar-refractivity contribution >= 4 is 33.5 Å². The average molecular weight is 520 g/mol. The molecule has 0 saturated heterocycles. The Morgan fingerprint density at radius 3 is 2.00 bits per heavy atom. The maximum absolute atomic E-state index is 10.8. The molecule has 2 rings (SSSR count). The number of rotatable bonds is 7. The van der Waals surface area contributed by atoms with E-state index in [-0.39, 0.29) is 18.2 Å². The Balaban J connectivity index is 0.000000537. The topological polar surface area (TPSA) is 171 Å². The fraction of sp³-hybridized carbons (Fsp3) is 0.318. The fourth-order valence-electron chi connectivity index (χ4n) is 2.50. The Kier molecular flexibility index (Phi) is 12.5. The summed E-state index contributed by atoms with van der Waals surface area (Å²) in [5, 5.41) is 23.2. The lowest BCUT2D eigenvalue weighted by Gasteiger charge is -2.13. The number of hydrogen-bond donors (Lipinski definition) is 5. The van der Waals surface area contributed by atoms with Crippen molar-refractivity contribution in [3.8, 4) is 0 Å². The molecule has 0 aromatic heterocycles. The molecule has 0 aliphatic carbocycles. The third-order valence-corrected chi connectivity index (χ3v) is 4.79. The minimum atomic E-state index is -5.08. The summed E-state index contributed by atoms with van der Waals surface area (Å²) < 4.78 is 55.7. The van der Waals surface area contributed by atoms with Gasteiger partial charge in [0.2, 0.25) is 10.0 Å². The van der Waals surface area contributed by atoms with Crippen molar-refractivity contribution < 1.29 is 41.4 Å². The third-order valence-electron chi connectivity index (χ3n) is 4.18. The molecule has 0 heterocycles. The van der Waals surface area contributed by atoms with Gasteiger partial charge in [-0.05, 0) is 43.0 Å². The smallest absolute Gasteiger partial charge is 0.481 e. The number of amidine groups is 1. The van der Waals surface area contributed by atoms with Crippen LogP contribution in [0.2, 0.25) is 0 Å². The second-order valence-electron chi connectivity index (χ2n) is 7.29. The summed E-state index contributed by atoms with van der Waals surface area (Å²) in [6.07, 6.45) is -3.08. The van der Waals surface area contributed by atoms with Gasteiger partial charge in [-0.2, -0.15) is 13.2 Å². The Hall–Kier alpha value is -3.61. The molecule has 9 nitrogen and oxygen atoms in total. The Morgan fingerprint density at radius 1 is 1.11 bits per heavy atom. The molecule has 35 heavy (non-hydrogen) atoms. The fourth-order valence-corrected chi connectivity index (χ4v) is 3.07. The van der Waals surface area contributed by atoms with E-state index < -0.39 is 28.1 Å². The number of halogens is 3. The van der Waals surface area contributed by atoms with Crippen LogP contribution in [0.25, 0.3) is 0 Å². The van der Waals surface area contributed by atoms with Crippen molar-refractivity contribution in [2.45, 2.75) is 38.8 Å². The molecular weight excluding hydrogens is 491 g/mol. The van der Waals surface area contributed by atoms with Crippen LogP contribution < -0.4 is 10.5 Å². The molecule has 0 aliphatic heterocycles. The van der Waals surface area contributed by atoms with Crippen LogP contribution in [0.3, 0.4) is 0 Å². The second-order valence-corrected chi connectivity index (χ2v) is 9.03. The van der Waals surface area contributed by atoms with E-state index in [0.717, 1.165) is 23.8 Å². The number of carboxylic acid groups (broad SMARTS) is 2. The van der Waals surface area contributed by atoms with Crippen LogP contribution in [0, 0.1) is 12.3 Å². The van der Waals surface area contributed by atoms with Crippen molar-refractivity contribution in [1.29, 1.82) is 5.41 Å². The largest absolute Gasteiger partial charge is 0.490 e. The molecule has 6 N–H and O–H groups in total. The molecule has 1 unspecified atom stereocenters. The Bertz CT molecular complexity index is 1100. The van der Waals surface area contributed by atoms with Gasteiger partial charge in [0.25, 0.3) is 0 Å². The van der Waals surface area contributed by atoms with Gasteiger partial charge in [0.15, 0.2) is 0 Å². The molecule has 194 valence electrons. The van der Waals surface area contributed by atoms with Gasteiger partial charge in [0, 0.05) is 11.3 Å². The number of sulfonamides is 1. The van der Waals surface area contributed by atoms with E-state index in [0.29, 0.717) is 11.3 Å². The van der Waals surface area contributed by atoms with Crippen LogP contribution in [0.1, 0.15) is 42.4 Å². The summed E-state index contributed by atoms with van der Waals surface area (Å²) in [4.78, 5) is 19.6. The van der Waals surface area contributed by atoms with Gasteiger partial charge in [-0.15, -0.1) is 0 Å². The van der Waals surface area contributed by atoms with Crippen LogP contribution in [0.15, 0.2) is 48.5 Å². The highest BCUT2D eigenvalue weighted by Gasteiger charge is 2.38. The number of anilines is 1. The van der Waals surface area contributed by atoms with Crippen molar-refractivity contribution in [2.24, 2.45) is 5.73 Å². The summed E-state index contributed by atoms with van der Waals surface area (Å²) in [7, 11) is -3.14. The number of nitrogens with two attached hydrogens (primary N) is 1. The number of carbonyl (C=O) groups is 2. The lowest BCUT2D eigenvalue weighted by atomic mass is 9.92. The molecule has 0 saturated carbocycles. The summed E-state index contributed by atoms with van der Waals surface area (Å²) in [6, 6.07) is 14.4. The van der Waals surface area contributed by atoms with Crippen molar-refractivity contribution in [1.82, 2.24) is 0 Å². The number of carboxylic acids is 2. The molecule has 0 bridgehead atoms. The zero-order valence-electron chi connectivity index (χ0n) is 19.3. The lowest BCUT2D eigenvalue weighted by Crippen LogP contribution is -2.21. The number of nitrogens with one attached hydrogen (secondary N) is 2. The van der Waals surface area contributed by atoms with E-state index in [2.05, 4.69) is 4.72 Å². The average Bonchev–Trinajstić information content (AvgIpc) is 2.73. The van der Waals surface area contributed by atoms with Gasteiger partial charge in [0.05, 0.1) is 12.7 Å².